The van der Waals surface area contributed by atoms with Crippen LogP contribution in [0.2, 0.25) is 0 Å². The molecular formula is C20H16N2. The maximum Gasteiger partial charge on any atom is 0.0566 e. The first kappa shape index (κ1) is 11.9. The van der Waals surface area contributed by atoms with Crippen molar-refractivity contribution in [3.05, 3.63) is 60.2 Å². The zero-order valence-corrected chi connectivity index (χ0v) is 12.6. The standard InChI is InChI=1S/C20H16N2/c1-12-7-9-16-15(11-12)13-8-10-18-19(20(13)21-16)14-5-3-4-6-17(14)22(18)2/h3-11,21H,1-2H3. The van der Waals surface area contributed by atoms with Crippen LogP contribution in [0.3, 0.4) is 0 Å². The third-order valence-electron chi connectivity index (χ3n) is 4.80. The van der Waals surface area contributed by atoms with Gasteiger partial charge in [0.15, 0.2) is 0 Å². The van der Waals surface area contributed by atoms with Crippen molar-refractivity contribution in [2.75, 3.05) is 0 Å². The van der Waals surface area contributed by atoms with Gasteiger partial charge in [0.1, 0.15) is 0 Å². The van der Waals surface area contributed by atoms with Gasteiger partial charge in [0, 0.05) is 39.6 Å². The van der Waals surface area contributed by atoms with Gasteiger partial charge < -0.3 is 9.55 Å². The van der Waals surface area contributed by atoms with E-state index in [-0.39, 0.29) is 0 Å². The number of hydrogen-bond donors (Lipinski definition) is 1. The minimum Gasteiger partial charge on any atom is -0.354 e. The van der Waals surface area contributed by atoms with E-state index in [0.29, 0.717) is 0 Å². The molecular weight excluding hydrogens is 268 g/mol. The Balaban J connectivity index is 2.12. The molecule has 106 valence electrons. The molecule has 1 N–H and O–H groups in total. The lowest BCUT2D eigenvalue weighted by Gasteiger charge is -1.98. The van der Waals surface area contributed by atoms with Crippen molar-refractivity contribution >= 4 is 43.6 Å². The summed E-state index contributed by atoms with van der Waals surface area (Å²) in [6.45, 7) is 2.15. The number of aryl methyl sites for hydroxylation is 2. The van der Waals surface area contributed by atoms with Gasteiger partial charge in [0.2, 0.25) is 0 Å². The van der Waals surface area contributed by atoms with E-state index in [1.165, 1.54) is 49.2 Å². The lowest BCUT2D eigenvalue weighted by Crippen LogP contribution is -1.85. The molecule has 5 aromatic rings. The first-order chi connectivity index (χ1) is 10.7. The van der Waals surface area contributed by atoms with Crippen molar-refractivity contribution in [2.45, 2.75) is 6.92 Å². The zero-order chi connectivity index (χ0) is 14.8. The fourth-order valence-corrected chi connectivity index (χ4v) is 3.73. The highest BCUT2D eigenvalue weighted by molar-refractivity contribution is 6.24. The number of aromatic nitrogens is 2. The number of para-hydroxylation sites is 1. The summed E-state index contributed by atoms with van der Waals surface area (Å²) >= 11 is 0. The second-order valence-corrected chi connectivity index (χ2v) is 6.13. The molecule has 5 rings (SSSR count). The average Bonchev–Trinajstić information content (AvgIpc) is 3.04. The fraction of sp³-hybridized carbons (Fsp3) is 0.100. The normalized spacial score (nSPS) is 12.1. The first-order valence-electron chi connectivity index (χ1n) is 7.62. The van der Waals surface area contributed by atoms with Crippen LogP contribution in [0.4, 0.5) is 0 Å². The molecule has 2 heteroatoms. The molecule has 2 nitrogen and oxygen atoms in total. The van der Waals surface area contributed by atoms with Crippen LogP contribution in [-0.4, -0.2) is 9.55 Å². The molecule has 0 fully saturated rings. The van der Waals surface area contributed by atoms with Crippen LogP contribution in [0.25, 0.3) is 43.6 Å². The summed E-state index contributed by atoms with van der Waals surface area (Å²) in [6.07, 6.45) is 0. The summed E-state index contributed by atoms with van der Waals surface area (Å²) in [6, 6.07) is 19.7. The number of nitrogens with one attached hydrogen (secondary N) is 1. The Hall–Kier alpha value is -2.74. The summed E-state index contributed by atoms with van der Waals surface area (Å²) in [5.74, 6) is 0. The van der Waals surface area contributed by atoms with E-state index >= 15 is 0 Å². The van der Waals surface area contributed by atoms with E-state index in [4.69, 9.17) is 0 Å². The smallest absolute Gasteiger partial charge is 0.0566 e. The number of fused-ring (bicyclic) bond motifs is 7. The Bertz CT molecular complexity index is 1190. The van der Waals surface area contributed by atoms with Gasteiger partial charge in [0.25, 0.3) is 0 Å². The Morgan fingerprint density at radius 3 is 2.59 bits per heavy atom. The van der Waals surface area contributed by atoms with Crippen molar-refractivity contribution in [1.82, 2.24) is 9.55 Å². The molecule has 3 aromatic carbocycles. The van der Waals surface area contributed by atoms with E-state index in [9.17, 15) is 0 Å². The first-order valence-corrected chi connectivity index (χ1v) is 7.62. The van der Waals surface area contributed by atoms with Gasteiger partial charge in [-0.05, 0) is 31.2 Å². The van der Waals surface area contributed by atoms with Crippen molar-refractivity contribution in [2.24, 2.45) is 7.05 Å². The summed E-state index contributed by atoms with van der Waals surface area (Å²) < 4.78 is 2.28. The highest BCUT2D eigenvalue weighted by atomic mass is 14.9. The molecule has 0 aliphatic rings. The predicted molar refractivity (Wildman–Crippen MR) is 94.5 cm³/mol. The van der Waals surface area contributed by atoms with Crippen LogP contribution in [0.15, 0.2) is 54.6 Å². The SMILES string of the molecule is Cc1ccc2[nH]c3c(ccc4c3c3ccccc3n4C)c2c1. The number of hydrogen-bond acceptors (Lipinski definition) is 0. The molecule has 0 unspecified atom stereocenters. The van der Waals surface area contributed by atoms with Gasteiger partial charge in [-0.25, -0.2) is 0 Å². The van der Waals surface area contributed by atoms with Crippen molar-refractivity contribution in [3.8, 4) is 0 Å². The van der Waals surface area contributed by atoms with Crippen LogP contribution in [0.1, 0.15) is 5.56 Å². The van der Waals surface area contributed by atoms with E-state index in [2.05, 4.69) is 78.1 Å². The maximum absolute atomic E-state index is 3.64. The van der Waals surface area contributed by atoms with Crippen LogP contribution >= 0.6 is 0 Å². The van der Waals surface area contributed by atoms with Crippen molar-refractivity contribution in [1.29, 1.82) is 0 Å². The van der Waals surface area contributed by atoms with Crippen LogP contribution in [0, 0.1) is 6.92 Å². The third kappa shape index (κ3) is 1.34. The minimum atomic E-state index is 1.21. The molecule has 0 amide bonds. The van der Waals surface area contributed by atoms with E-state index in [0.717, 1.165) is 0 Å². The summed E-state index contributed by atoms with van der Waals surface area (Å²) in [4.78, 5) is 3.64. The number of benzene rings is 3. The summed E-state index contributed by atoms with van der Waals surface area (Å²) in [5, 5.41) is 5.26. The largest absolute Gasteiger partial charge is 0.354 e. The maximum atomic E-state index is 3.64. The molecule has 2 aromatic heterocycles. The van der Waals surface area contributed by atoms with Crippen LogP contribution in [-0.2, 0) is 7.05 Å². The van der Waals surface area contributed by atoms with Crippen molar-refractivity contribution in [3.63, 3.8) is 0 Å². The Kier molecular flexibility index (Phi) is 2.11. The lowest BCUT2D eigenvalue weighted by atomic mass is 10.1. The number of rotatable bonds is 0. The molecule has 0 radical (unpaired) electrons. The van der Waals surface area contributed by atoms with Gasteiger partial charge in [0.05, 0.1) is 11.0 Å². The van der Waals surface area contributed by atoms with Gasteiger partial charge in [-0.3, -0.25) is 0 Å². The summed E-state index contributed by atoms with van der Waals surface area (Å²) in [7, 11) is 2.14. The average molecular weight is 284 g/mol. The molecule has 0 aliphatic carbocycles. The lowest BCUT2D eigenvalue weighted by molar-refractivity contribution is 1.01. The fourth-order valence-electron chi connectivity index (χ4n) is 3.73. The quantitative estimate of drug-likeness (QED) is 0.399. The second-order valence-electron chi connectivity index (χ2n) is 6.13. The second kappa shape index (κ2) is 3.92. The minimum absolute atomic E-state index is 1.21. The van der Waals surface area contributed by atoms with Gasteiger partial charge in [-0.1, -0.05) is 35.9 Å². The van der Waals surface area contributed by atoms with Gasteiger partial charge in [-0.15, -0.1) is 0 Å². The Morgan fingerprint density at radius 1 is 0.818 bits per heavy atom. The topological polar surface area (TPSA) is 20.7 Å². The van der Waals surface area contributed by atoms with Gasteiger partial charge in [-0.2, -0.15) is 0 Å². The van der Waals surface area contributed by atoms with E-state index in [1.54, 1.807) is 0 Å². The van der Waals surface area contributed by atoms with Gasteiger partial charge >= 0.3 is 0 Å². The molecule has 0 aliphatic heterocycles. The number of nitrogens with zero attached hydrogens (tertiary/aromatic N) is 1. The number of H-pyrrole nitrogens is 1. The van der Waals surface area contributed by atoms with Crippen LogP contribution < -0.4 is 0 Å². The predicted octanol–water partition coefficient (Wildman–Crippen LogP) is 5.27. The Labute approximate surface area is 128 Å². The van der Waals surface area contributed by atoms with E-state index in [1.807, 2.05) is 0 Å². The molecule has 0 saturated carbocycles. The zero-order valence-electron chi connectivity index (χ0n) is 12.6. The van der Waals surface area contributed by atoms with Crippen LogP contribution in [0.5, 0.6) is 0 Å². The molecule has 0 atom stereocenters. The molecule has 22 heavy (non-hydrogen) atoms. The Morgan fingerprint density at radius 2 is 1.68 bits per heavy atom. The highest BCUT2D eigenvalue weighted by Crippen LogP contribution is 2.36. The third-order valence-corrected chi connectivity index (χ3v) is 4.80. The number of aromatic amines is 1. The molecule has 0 saturated heterocycles. The molecule has 2 heterocycles. The van der Waals surface area contributed by atoms with Crippen molar-refractivity contribution < 1.29 is 0 Å². The molecule has 0 spiro atoms. The highest BCUT2D eigenvalue weighted by Gasteiger charge is 2.13. The monoisotopic (exact) mass is 284 g/mol. The summed E-state index contributed by atoms with van der Waals surface area (Å²) in [5.41, 5.74) is 6.30. The molecule has 0 bridgehead atoms. The van der Waals surface area contributed by atoms with E-state index < -0.39 is 0 Å².